The summed E-state index contributed by atoms with van der Waals surface area (Å²) in [4.78, 5) is 26.9. The number of carbonyl (C=O) groups is 2. The number of hydrogen-bond donors (Lipinski definition) is 2. The number of hydrogen-bond acceptors (Lipinski definition) is 6. The van der Waals surface area contributed by atoms with Crippen LogP contribution in [0, 0.1) is 6.92 Å². The molecule has 1 aliphatic rings. The first-order chi connectivity index (χ1) is 14.8. The number of aliphatic hydroxyl groups excluding tert-OH is 1. The van der Waals surface area contributed by atoms with Crippen molar-refractivity contribution >= 4 is 17.6 Å². The van der Waals surface area contributed by atoms with Crippen molar-refractivity contribution in [2.75, 3.05) is 25.7 Å². The molecule has 166 valence electrons. The lowest BCUT2D eigenvalue weighted by molar-refractivity contribution is -0.142. The van der Waals surface area contributed by atoms with Crippen molar-refractivity contribution in [3.63, 3.8) is 0 Å². The highest BCUT2D eigenvalue weighted by molar-refractivity contribution is 5.97. The molecule has 7 nitrogen and oxygen atoms in total. The summed E-state index contributed by atoms with van der Waals surface area (Å²) < 4.78 is 10.0. The van der Waals surface area contributed by atoms with Gasteiger partial charge >= 0.3 is 5.97 Å². The van der Waals surface area contributed by atoms with Crippen LogP contribution < -0.4 is 10.2 Å². The molecule has 1 amide bonds. The van der Waals surface area contributed by atoms with Crippen LogP contribution in [0.5, 0.6) is 0 Å². The Morgan fingerprint density at radius 2 is 1.84 bits per heavy atom. The van der Waals surface area contributed by atoms with E-state index in [-0.39, 0.29) is 11.9 Å². The Hall–Kier alpha value is -2.90. The number of ether oxygens (including phenoxy) is 2. The number of aliphatic hydroxyl groups is 1. The summed E-state index contributed by atoms with van der Waals surface area (Å²) in [5.74, 6) is -0.653. The third-order valence-corrected chi connectivity index (χ3v) is 5.49. The molecule has 0 aliphatic carbocycles. The maximum atomic E-state index is 12.9. The van der Waals surface area contributed by atoms with E-state index in [0.29, 0.717) is 30.7 Å². The van der Waals surface area contributed by atoms with Gasteiger partial charge < -0.3 is 24.8 Å². The zero-order valence-corrected chi connectivity index (χ0v) is 18.4. The van der Waals surface area contributed by atoms with Crippen LogP contribution in [0.4, 0.5) is 5.69 Å². The maximum absolute atomic E-state index is 12.9. The van der Waals surface area contributed by atoms with E-state index in [1.807, 2.05) is 50.2 Å². The summed E-state index contributed by atoms with van der Waals surface area (Å²) in [6.45, 7) is 4.27. The number of amides is 1. The van der Waals surface area contributed by atoms with Crippen LogP contribution in [0.1, 0.15) is 35.7 Å². The molecule has 0 aromatic heterocycles. The van der Waals surface area contributed by atoms with Gasteiger partial charge in [-0.2, -0.15) is 0 Å². The van der Waals surface area contributed by atoms with Gasteiger partial charge in [0.05, 0.1) is 13.7 Å². The molecule has 0 saturated carbocycles. The van der Waals surface area contributed by atoms with Gasteiger partial charge in [0.1, 0.15) is 12.3 Å². The Balaban J connectivity index is 2.05. The van der Waals surface area contributed by atoms with Crippen LogP contribution in [0.2, 0.25) is 0 Å². The van der Waals surface area contributed by atoms with E-state index in [0.717, 1.165) is 16.7 Å². The van der Waals surface area contributed by atoms with Gasteiger partial charge in [0, 0.05) is 24.4 Å². The fourth-order valence-electron chi connectivity index (χ4n) is 3.92. The zero-order chi connectivity index (χ0) is 22.5. The van der Waals surface area contributed by atoms with Crippen LogP contribution in [0.25, 0.3) is 11.1 Å². The molecule has 2 N–H and O–H groups in total. The van der Waals surface area contributed by atoms with Crippen LogP contribution >= 0.6 is 0 Å². The molecular weight excluding hydrogens is 396 g/mol. The lowest BCUT2D eigenvalue weighted by Gasteiger charge is -2.29. The summed E-state index contributed by atoms with van der Waals surface area (Å²) >= 11 is 0. The first-order valence-corrected chi connectivity index (χ1v) is 10.4. The summed E-state index contributed by atoms with van der Waals surface area (Å²) in [6.07, 6.45) is 0.0938. The maximum Gasteiger partial charge on any atom is 0.328 e. The van der Waals surface area contributed by atoms with Crippen molar-refractivity contribution in [3.8, 4) is 11.1 Å². The van der Waals surface area contributed by atoms with Gasteiger partial charge in [0.25, 0.3) is 5.91 Å². The SMILES string of the molecule is COCC(C)NC(=O)c1cc(-c2ccc(C)cc2)cc(N2C(O)CCC2C(=O)OC)c1. The Labute approximate surface area is 183 Å². The van der Waals surface area contributed by atoms with E-state index >= 15 is 0 Å². The number of nitrogens with zero attached hydrogens (tertiary/aromatic N) is 1. The van der Waals surface area contributed by atoms with Crippen LogP contribution in [-0.2, 0) is 14.3 Å². The summed E-state index contributed by atoms with van der Waals surface area (Å²) in [7, 11) is 2.92. The third kappa shape index (κ3) is 5.24. The van der Waals surface area contributed by atoms with Gasteiger partial charge in [0.2, 0.25) is 0 Å². The van der Waals surface area contributed by atoms with E-state index in [2.05, 4.69) is 5.32 Å². The minimum atomic E-state index is -0.833. The topological polar surface area (TPSA) is 88.1 Å². The summed E-state index contributed by atoms with van der Waals surface area (Å²) in [5, 5.41) is 13.5. The third-order valence-electron chi connectivity index (χ3n) is 5.49. The molecule has 31 heavy (non-hydrogen) atoms. The van der Waals surface area contributed by atoms with Crippen molar-refractivity contribution in [2.24, 2.45) is 0 Å². The standard InChI is InChI=1S/C24H30N2O5/c1-15-5-7-17(8-6-15)18-11-19(23(28)25-16(2)14-30-3)13-20(12-18)26-21(24(29)31-4)9-10-22(26)27/h5-8,11-13,16,21-22,27H,9-10,14H2,1-4H3,(H,25,28). The van der Waals surface area contributed by atoms with Crippen LogP contribution in [-0.4, -0.2) is 56.1 Å². The number of rotatable bonds is 7. The van der Waals surface area contributed by atoms with E-state index < -0.39 is 18.2 Å². The van der Waals surface area contributed by atoms with E-state index in [9.17, 15) is 14.7 Å². The van der Waals surface area contributed by atoms with Crippen molar-refractivity contribution in [3.05, 3.63) is 53.6 Å². The normalized spacial score (nSPS) is 19.2. The predicted octanol–water partition coefficient (Wildman–Crippen LogP) is 2.89. The number of anilines is 1. The Morgan fingerprint density at radius 1 is 1.13 bits per heavy atom. The second kappa shape index (κ2) is 9.94. The average molecular weight is 427 g/mol. The molecule has 1 aliphatic heterocycles. The van der Waals surface area contributed by atoms with Gasteiger partial charge in [-0.3, -0.25) is 4.79 Å². The van der Waals surface area contributed by atoms with Gasteiger partial charge in [-0.25, -0.2) is 4.79 Å². The van der Waals surface area contributed by atoms with Crippen molar-refractivity contribution in [1.82, 2.24) is 5.32 Å². The van der Waals surface area contributed by atoms with Gasteiger partial charge in [-0.15, -0.1) is 0 Å². The number of carbonyl (C=O) groups excluding carboxylic acids is 2. The Bertz CT molecular complexity index is 928. The van der Waals surface area contributed by atoms with E-state index in [1.54, 1.807) is 18.1 Å². The molecule has 2 aromatic rings. The lowest BCUT2D eigenvalue weighted by Crippen LogP contribution is -2.41. The molecule has 1 heterocycles. The summed E-state index contributed by atoms with van der Waals surface area (Å²) in [6, 6.07) is 12.6. The number of methoxy groups -OCH3 is 2. The summed E-state index contributed by atoms with van der Waals surface area (Å²) in [5.41, 5.74) is 3.94. The highest BCUT2D eigenvalue weighted by Crippen LogP contribution is 2.34. The minimum absolute atomic E-state index is 0.163. The van der Waals surface area contributed by atoms with Crippen molar-refractivity contribution in [1.29, 1.82) is 0 Å². The van der Waals surface area contributed by atoms with E-state index in [4.69, 9.17) is 9.47 Å². The fourth-order valence-corrected chi connectivity index (χ4v) is 3.92. The molecule has 3 unspecified atom stereocenters. The second-order valence-corrected chi connectivity index (χ2v) is 7.97. The molecule has 1 fully saturated rings. The molecule has 7 heteroatoms. The molecule has 0 bridgehead atoms. The highest BCUT2D eigenvalue weighted by atomic mass is 16.5. The first-order valence-electron chi connectivity index (χ1n) is 10.4. The Morgan fingerprint density at radius 3 is 2.48 bits per heavy atom. The van der Waals surface area contributed by atoms with Crippen LogP contribution in [0.3, 0.4) is 0 Å². The number of esters is 1. The van der Waals surface area contributed by atoms with Gasteiger partial charge in [0.15, 0.2) is 0 Å². The molecule has 2 aromatic carbocycles. The van der Waals surface area contributed by atoms with Gasteiger partial charge in [-0.1, -0.05) is 29.8 Å². The number of nitrogens with one attached hydrogen (secondary N) is 1. The number of aryl methyl sites for hydroxylation is 1. The lowest BCUT2D eigenvalue weighted by atomic mass is 9.99. The molecule has 3 rings (SSSR count). The molecule has 1 saturated heterocycles. The average Bonchev–Trinajstić information content (AvgIpc) is 3.15. The van der Waals surface area contributed by atoms with Gasteiger partial charge in [-0.05, 0) is 56.0 Å². The van der Waals surface area contributed by atoms with Crippen molar-refractivity contribution in [2.45, 2.75) is 45.0 Å². The van der Waals surface area contributed by atoms with E-state index in [1.165, 1.54) is 7.11 Å². The Kier molecular flexibility index (Phi) is 7.30. The first kappa shape index (κ1) is 22.8. The fraction of sp³-hybridized carbons (Fsp3) is 0.417. The highest BCUT2D eigenvalue weighted by Gasteiger charge is 2.38. The second-order valence-electron chi connectivity index (χ2n) is 7.97. The smallest absolute Gasteiger partial charge is 0.328 e. The molecule has 0 radical (unpaired) electrons. The molecular formula is C24H30N2O5. The number of benzene rings is 2. The molecule has 3 atom stereocenters. The predicted molar refractivity (Wildman–Crippen MR) is 119 cm³/mol. The van der Waals surface area contributed by atoms with Crippen LogP contribution in [0.15, 0.2) is 42.5 Å². The monoisotopic (exact) mass is 426 g/mol. The van der Waals surface area contributed by atoms with Crippen molar-refractivity contribution < 1.29 is 24.2 Å². The quantitative estimate of drug-likeness (QED) is 0.662. The minimum Gasteiger partial charge on any atom is -0.467 e. The molecule has 0 spiro atoms. The zero-order valence-electron chi connectivity index (χ0n) is 18.4. The largest absolute Gasteiger partial charge is 0.467 e.